The highest BCUT2D eigenvalue weighted by Gasteiger charge is 2.18. The highest BCUT2D eigenvalue weighted by atomic mass is 35.5. The number of rotatable bonds is 8. The van der Waals surface area contributed by atoms with Crippen molar-refractivity contribution in [1.82, 2.24) is 4.98 Å². The fourth-order valence-corrected chi connectivity index (χ4v) is 5.13. The number of halogens is 1. The van der Waals surface area contributed by atoms with Gasteiger partial charge in [-0.1, -0.05) is 41.9 Å². The summed E-state index contributed by atoms with van der Waals surface area (Å²) in [5, 5.41) is 10.9. The van der Waals surface area contributed by atoms with E-state index >= 15 is 0 Å². The van der Waals surface area contributed by atoms with Gasteiger partial charge in [0.05, 0.1) is 33.1 Å². The number of nitrogens with two attached hydrogens (primary N) is 1. The van der Waals surface area contributed by atoms with E-state index in [0.717, 1.165) is 6.26 Å². The van der Waals surface area contributed by atoms with Gasteiger partial charge in [-0.25, -0.2) is 27.0 Å². The molecule has 206 valence electrons. The van der Waals surface area contributed by atoms with Crippen molar-refractivity contribution in [2.24, 2.45) is 5.14 Å². The van der Waals surface area contributed by atoms with E-state index in [4.69, 9.17) is 16.7 Å². The monoisotopic (exact) mass is 599 g/mol. The predicted molar refractivity (Wildman–Crippen MR) is 153 cm³/mol. The molecule has 0 aliphatic rings. The molecule has 0 spiro atoms. The molecule has 0 saturated carbocycles. The topological polar surface area (TPSA) is 177 Å². The number of hydrogen-bond acceptors (Lipinski definition) is 7. The molecule has 0 aliphatic carbocycles. The van der Waals surface area contributed by atoms with Gasteiger partial charge in [-0.3, -0.25) is 14.3 Å². The van der Waals surface area contributed by atoms with Crippen molar-refractivity contribution in [3.8, 4) is 11.1 Å². The summed E-state index contributed by atoms with van der Waals surface area (Å²) in [6.45, 7) is 0. The van der Waals surface area contributed by atoms with Crippen molar-refractivity contribution in [3.05, 3.63) is 101 Å². The third-order valence-electron chi connectivity index (χ3n) is 5.44. The minimum absolute atomic E-state index is 0.0220. The zero-order chi connectivity index (χ0) is 29.1. The fourth-order valence-electron chi connectivity index (χ4n) is 3.71. The van der Waals surface area contributed by atoms with E-state index in [1.165, 1.54) is 54.7 Å². The number of hydrogen-bond donors (Lipinski definition) is 4. The quantitative estimate of drug-likeness (QED) is 0.237. The summed E-state index contributed by atoms with van der Waals surface area (Å²) in [5.41, 5.74) is 1.23. The molecule has 0 aliphatic heterocycles. The number of pyridine rings is 1. The molecule has 11 nitrogen and oxygen atoms in total. The maximum Gasteiger partial charge on any atom is 0.258 e. The molecule has 4 aromatic rings. The number of carbonyl (C=O) groups is 2. The number of aromatic nitrogens is 1. The molecular weight excluding hydrogens is 578 g/mol. The normalized spacial score (nSPS) is 11.5. The van der Waals surface area contributed by atoms with Gasteiger partial charge in [-0.05, 0) is 54.1 Å². The summed E-state index contributed by atoms with van der Waals surface area (Å²) in [4.78, 5) is 30.1. The van der Waals surface area contributed by atoms with Gasteiger partial charge in [-0.15, -0.1) is 0 Å². The lowest BCUT2D eigenvalue weighted by Gasteiger charge is -2.14. The number of nitrogens with zero attached hydrogens (tertiary/aromatic N) is 1. The zero-order valence-corrected chi connectivity index (χ0v) is 23.1. The van der Waals surface area contributed by atoms with E-state index in [1.807, 2.05) is 0 Å². The number of benzene rings is 3. The molecule has 0 unspecified atom stereocenters. The number of nitrogens with one attached hydrogen (secondary N) is 3. The summed E-state index contributed by atoms with van der Waals surface area (Å²) in [5.74, 6) is -1.02. The highest BCUT2D eigenvalue weighted by molar-refractivity contribution is 7.92. The second-order valence-electron chi connectivity index (χ2n) is 8.52. The molecule has 0 atom stereocenters. The number of carbonyl (C=O) groups excluding carboxylic acids is 2. The van der Waals surface area contributed by atoms with Gasteiger partial charge in [0.25, 0.3) is 11.8 Å². The average molecular weight is 600 g/mol. The Labute approximate surface area is 235 Å². The fraction of sp³-hybridized carbons (Fsp3) is 0.0385. The van der Waals surface area contributed by atoms with Gasteiger partial charge in [0.2, 0.25) is 20.0 Å². The Bertz CT molecular complexity index is 1810. The molecule has 0 saturated heterocycles. The SMILES string of the molecule is CS(=O)(=O)Nc1ccc(C(=O)Nc2ccc(Cl)cn2)c(NC(=O)c2ccc(-c3ccccc3S(N)(=O)=O)cc2)c1. The molecule has 0 radical (unpaired) electrons. The zero-order valence-electron chi connectivity index (χ0n) is 20.8. The first kappa shape index (κ1) is 28.7. The Hall–Kier alpha value is -4.30. The van der Waals surface area contributed by atoms with Crippen molar-refractivity contribution in [2.75, 3.05) is 21.6 Å². The first-order chi connectivity index (χ1) is 18.8. The molecule has 40 heavy (non-hydrogen) atoms. The second-order valence-corrected chi connectivity index (χ2v) is 12.2. The van der Waals surface area contributed by atoms with E-state index in [1.54, 1.807) is 30.3 Å². The van der Waals surface area contributed by atoms with E-state index in [-0.39, 0.29) is 33.2 Å². The van der Waals surface area contributed by atoms with E-state index in [0.29, 0.717) is 16.1 Å². The molecular formula is C26H22ClN5O6S2. The van der Waals surface area contributed by atoms with Gasteiger partial charge >= 0.3 is 0 Å². The predicted octanol–water partition coefficient (Wildman–Crippen LogP) is 3.93. The molecule has 0 bridgehead atoms. The van der Waals surface area contributed by atoms with Crippen LogP contribution in [0.15, 0.2) is 90.0 Å². The summed E-state index contributed by atoms with van der Waals surface area (Å²) >= 11 is 5.84. The minimum Gasteiger partial charge on any atom is -0.321 e. The number of amides is 2. The van der Waals surface area contributed by atoms with Gasteiger partial charge in [0, 0.05) is 17.3 Å². The molecule has 14 heteroatoms. The number of sulfonamides is 2. The molecule has 1 aromatic heterocycles. The van der Waals surface area contributed by atoms with Gasteiger partial charge < -0.3 is 10.6 Å². The van der Waals surface area contributed by atoms with Crippen LogP contribution in [0, 0.1) is 0 Å². The van der Waals surface area contributed by atoms with E-state index < -0.39 is 31.9 Å². The second kappa shape index (κ2) is 11.4. The van der Waals surface area contributed by atoms with Crippen LogP contribution in [-0.2, 0) is 20.0 Å². The van der Waals surface area contributed by atoms with Crippen LogP contribution in [0.25, 0.3) is 11.1 Å². The summed E-state index contributed by atoms with van der Waals surface area (Å²) in [6, 6.07) is 19.3. The Kier molecular flexibility index (Phi) is 8.21. The van der Waals surface area contributed by atoms with Gasteiger partial charge in [0.1, 0.15) is 5.82 Å². The maximum absolute atomic E-state index is 13.1. The molecule has 5 N–H and O–H groups in total. The van der Waals surface area contributed by atoms with Crippen LogP contribution in [-0.4, -0.2) is 39.9 Å². The molecule has 3 aromatic carbocycles. The average Bonchev–Trinajstić information content (AvgIpc) is 2.89. The van der Waals surface area contributed by atoms with Crippen molar-refractivity contribution in [1.29, 1.82) is 0 Å². The standard InChI is InChI=1S/C26H22ClN5O6S2/c1-39(35,36)32-19-11-12-21(26(34)31-24-13-10-18(27)15-29-24)22(14-19)30-25(33)17-8-6-16(7-9-17)20-4-2-3-5-23(20)40(28,37)38/h2-15,32H,1H3,(H,30,33)(H2,28,37,38)(H,29,31,34). The van der Waals surface area contributed by atoms with Crippen molar-refractivity contribution < 1.29 is 26.4 Å². The van der Waals surface area contributed by atoms with E-state index in [9.17, 15) is 26.4 Å². The molecule has 0 fully saturated rings. The highest BCUT2D eigenvalue weighted by Crippen LogP contribution is 2.28. The Morgan fingerprint density at radius 2 is 1.55 bits per heavy atom. The molecule has 1 heterocycles. The number of primary sulfonamides is 1. The first-order valence-corrected chi connectivity index (χ1v) is 15.2. The first-order valence-electron chi connectivity index (χ1n) is 11.4. The lowest BCUT2D eigenvalue weighted by molar-refractivity contribution is 0.102. The Balaban J connectivity index is 1.63. The maximum atomic E-state index is 13.1. The third kappa shape index (κ3) is 7.21. The lowest BCUT2D eigenvalue weighted by Crippen LogP contribution is -2.19. The summed E-state index contributed by atoms with van der Waals surface area (Å²) in [6.07, 6.45) is 2.32. The van der Waals surface area contributed by atoms with Crippen LogP contribution in [0.1, 0.15) is 20.7 Å². The van der Waals surface area contributed by atoms with Crippen molar-refractivity contribution >= 4 is 60.7 Å². The summed E-state index contributed by atoms with van der Waals surface area (Å²) < 4.78 is 49.7. The Morgan fingerprint density at radius 3 is 2.17 bits per heavy atom. The van der Waals surface area contributed by atoms with E-state index in [2.05, 4.69) is 20.3 Å². The molecule has 2 amide bonds. The van der Waals surface area contributed by atoms with Gasteiger partial charge in [0.15, 0.2) is 0 Å². The van der Waals surface area contributed by atoms with Crippen LogP contribution < -0.4 is 20.5 Å². The van der Waals surface area contributed by atoms with Crippen LogP contribution in [0.2, 0.25) is 5.02 Å². The lowest BCUT2D eigenvalue weighted by atomic mass is 10.0. The number of anilines is 3. The van der Waals surface area contributed by atoms with Crippen LogP contribution in [0.4, 0.5) is 17.2 Å². The van der Waals surface area contributed by atoms with Crippen LogP contribution in [0.3, 0.4) is 0 Å². The third-order valence-corrected chi connectivity index (χ3v) is 7.24. The van der Waals surface area contributed by atoms with Crippen LogP contribution in [0.5, 0.6) is 0 Å². The summed E-state index contributed by atoms with van der Waals surface area (Å²) in [7, 11) is -7.62. The van der Waals surface area contributed by atoms with Crippen molar-refractivity contribution in [3.63, 3.8) is 0 Å². The van der Waals surface area contributed by atoms with Gasteiger partial charge in [-0.2, -0.15) is 0 Å². The van der Waals surface area contributed by atoms with Crippen molar-refractivity contribution in [2.45, 2.75) is 4.90 Å². The molecule has 4 rings (SSSR count). The Morgan fingerprint density at radius 1 is 0.850 bits per heavy atom. The minimum atomic E-state index is -3.98. The largest absolute Gasteiger partial charge is 0.321 e. The smallest absolute Gasteiger partial charge is 0.258 e. The van der Waals surface area contributed by atoms with Crippen LogP contribution >= 0.6 is 11.6 Å².